The number of halogens is 2. The third kappa shape index (κ3) is 8.01. The van der Waals surface area contributed by atoms with Crippen LogP contribution in [0.25, 0.3) is 10.9 Å². The first-order chi connectivity index (χ1) is 24.0. The number of hydrogen-bond acceptors (Lipinski definition) is 9. The second kappa shape index (κ2) is 14.8. The SMILES string of the molecule is CC(C(=O)OC1CN(CCCOc2ccc3c(Oc4ccc(NC(=O)C5(C(=O)Nc6ccc(F)cc6)CC5)cc4F)ccnc3c2)C1)N(C)C. The average Bonchev–Trinajstić information content (AvgIpc) is 3.89. The Morgan fingerprint density at radius 2 is 1.64 bits per heavy atom. The van der Waals surface area contributed by atoms with Crippen molar-refractivity contribution in [3.05, 3.63) is 84.6 Å². The Kier molecular flexibility index (Phi) is 10.3. The summed E-state index contributed by atoms with van der Waals surface area (Å²) in [4.78, 5) is 46.4. The van der Waals surface area contributed by atoms with E-state index >= 15 is 4.39 Å². The van der Waals surface area contributed by atoms with Crippen molar-refractivity contribution < 1.29 is 37.4 Å². The lowest BCUT2D eigenvalue weighted by Gasteiger charge is -2.39. The van der Waals surface area contributed by atoms with Gasteiger partial charge in [0.25, 0.3) is 0 Å². The number of rotatable bonds is 14. The molecule has 0 spiro atoms. The molecule has 2 aliphatic rings. The molecular formula is C37H39F2N5O6. The van der Waals surface area contributed by atoms with Gasteiger partial charge in [0.15, 0.2) is 11.6 Å². The summed E-state index contributed by atoms with van der Waals surface area (Å²) in [7, 11) is 3.69. The van der Waals surface area contributed by atoms with E-state index in [0.29, 0.717) is 60.6 Å². The van der Waals surface area contributed by atoms with E-state index in [-0.39, 0.29) is 29.6 Å². The van der Waals surface area contributed by atoms with Gasteiger partial charge >= 0.3 is 5.97 Å². The van der Waals surface area contributed by atoms with Crippen molar-refractivity contribution in [2.75, 3.05) is 51.0 Å². The molecule has 1 unspecified atom stereocenters. The Balaban J connectivity index is 0.986. The minimum absolute atomic E-state index is 0.0544. The van der Waals surface area contributed by atoms with Crippen LogP contribution in [0.15, 0.2) is 72.9 Å². The van der Waals surface area contributed by atoms with E-state index in [1.54, 1.807) is 30.5 Å². The third-order valence-electron chi connectivity index (χ3n) is 9.01. The van der Waals surface area contributed by atoms with E-state index in [0.717, 1.165) is 19.0 Å². The van der Waals surface area contributed by atoms with Gasteiger partial charge in [0.1, 0.15) is 34.9 Å². The summed E-state index contributed by atoms with van der Waals surface area (Å²) in [5.74, 6) is -1.43. The summed E-state index contributed by atoms with van der Waals surface area (Å²) in [5.41, 5.74) is -0.120. The molecule has 262 valence electrons. The Morgan fingerprint density at radius 1 is 0.940 bits per heavy atom. The van der Waals surface area contributed by atoms with Crippen molar-refractivity contribution in [3.8, 4) is 17.2 Å². The van der Waals surface area contributed by atoms with Gasteiger partial charge in [0.2, 0.25) is 11.8 Å². The number of esters is 1. The maximum absolute atomic E-state index is 15.2. The predicted molar refractivity (Wildman–Crippen MR) is 183 cm³/mol. The Morgan fingerprint density at radius 3 is 2.32 bits per heavy atom. The van der Waals surface area contributed by atoms with E-state index in [9.17, 15) is 18.8 Å². The van der Waals surface area contributed by atoms with Gasteiger partial charge in [-0.3, -0.25) is 29.2 Å². The number of fused-ring (bicyclic) bond motifs is 1. The number of ether oxygens (including phenoxy) is 3. The van der Waals surface area contributed by atoms with Crippen LogP contribution >= 0.6 is 0 Å². The first-order valence-electron chi connectivity index (χ1n) is 16.5. The number of aromatic nitrogens is 1. The molecule has 2 heterocycles. The number of carbonyl (C=O) groups excluding carboxylic acids is 3. The van der Waals surface area contributed by atoms with Crippen LogP contribution in [0, 0.1) is 17.0 Å². The number of nitrogens with zero attached hydrogens (tertiary/aromatic N) is 3. The molecule has 1 aromatic heterocycles. The molecule has 4 aromatic rings. The van der Waals surface area contributed by atoms with Gasteiger partial charge in [-0.1, -0.05) is 0 Å². The van der Waals surface area contributed by atoms with Crippen LogP contribution < -0.4 is 20.1 Å². The highest BCUT2D eigenvalue weighted by atomic mass is 19.1. The Hall–Kier alpha value is -5.14. The van der Waals surface area contributed by atoms with E-state index < -0.39 is 28.9 Å². The topological polar surface area (TPSA) is 122 Å². The molecule has 50 heavy (non-hydrogen) atoms. The molecule has 11 nitrogen and oxygen atoms in total. The van der Waals surface area contributed by atoms with Crippen LogP contribution in [0.1, 0.15) is 26.2 Å². The van der Waals surface area contributed by atoms with Crippen molar-refractivity contribution in [2.24, 2.45) is 5.41 Å². The van der Waals surface area contributed by atoms with Crippen LogP contribution in [-0.4, -0.2) is 85.0 Å². The maximum Gasteiger partial charge on any atom is 0.323 e. The van der Waals surface area contributed by atoms with E-state index in [1.165, 1.54) is 36.4 Å². The maximum atomic E-state index is 15.2. The zero-order chi connectivity index (χ0) is 35.4. The summed E-state index contributed by atoms with van der Waals surface area (Å²) < 4.78 is 45.8. The van der Waals surface area contributed by atoms with Gasteiger partial charge in [-0.25, -0.2) is 8.78 Å². The van der Waals surface area contributed by atoms with E-state index in [2.05, 4.69) is 20.5 Å². The lowest BCUT2D eigenvalue weighted by Crippen LogP contribution is -2.54. The monoisotopic (exact) mass is 687 g/mol. The standard InChI is InChI=1S/C37H39F2N5O6/c1-23(43(2)3)34(45)49-28-21-44(22-28)17-4-18-48-27-10-11-29-31(20-27)40-16-13-32(29)50-33-12-9-26(19-30(33)39)42-36(47)37(14-15-37)35(46)41-25-7-5-24(38)6-8-25/h5-13,16,19-20,23,28H,4,14-15,17-18,21-22H2,1-3H3,(H,41,46)(H,42,47). The third-order valence-corrected chi connectivity index (χ3v) is 9.01. The molecule has 2 fully saturated rings. The average molecular weight is 688 g/mol. The van der Waals surface area contributed by atoms with Gasteiger partial charge in [-0.05, 0) is 94.9 Å². The van der Waals surface area contributed by atoms with Gasteiger partial charge in [-0.2, -0.15) is 0 Å². The zero-order valence-corrected chi connectivity index (χ0v) is 28.1. The van der Waals surface area contributed by atoms with Crippen molar-refractivity contribution >= 4 is 40.1 Å². The number of benzene rings is 3. The summed E-state index contributed by atoms with van der Waals surface area (Å²) in [6, 6.07) is 16.0. The molecule has 2 amide bonds. The quantitative estimate of drug-likeness (QED) is 0.0990. The summed E-state index contributed by atoms with van der Waals surface area (Å²) in [6.45, 7) is 4.57. The zero-order valence-electron chi connectivity index (χ0n) is 28.1. The second-order valence-corrected chi connectivity index (χ2v) is 12.9. The lowest BCUT2D eigenvalue weighted by atomic mass is 10.0. The first kappa shape index (κ1) is 34.7. The van der Waals surface area contributed by atoms with E-state index in [1.807, 2.05) is 25.9 Å². The highest BCUT2D eigenvalue weighted by Crippen LogP contribution is 2.47. The predicted octanol–water partition coefficient (Wildman–Crippen LogP) is 5.61. The molecule has 0 bridgehead atoms. The van der Waals surface area contributed by atoms with Crippen LogP contribution in [-0.2, 0) is 19.1 Å². The normalized spacial score (nSPS) is 16.0. The van der Waals surface area contributed by atoms with E-state index in [4.69, 9.17) is 14.2 Å². The van der Waals surface area contributed by atoms with Crippen molar-refractivity contribution in [3.63, 3.8) is 0 Å². The molecule has 1 saturated heterocycles. The molecule has 0 radical (unpaired) electrons. The van der Waals surface area contributed by atoms with Gasteiger partial charge in [0.05, 0.1) is 12.1 Å². The van der Waals surface area contributed by atoms with Crippen molar-refractivity contribution in [2.45, 2.75) is 38.3 Å². The summed E-state index contributed by atoms with van der Waals surface area (Å²) in [6.07, 6.45) is 2.97. The second-order valence-electron chi connectivity index (χ2n) is 12.9. The van der Waals surface area contributed by atoms with Gasteiger partial charge in [0, 0.05) is 54.7 Å². The molecule has 6 rings (SSSR count). The summed E-state index contributed by atoms with van der Waals surface area (Å²) in [5, 5.41) is 5.94. The fraction of sp³-hybridized carbons (Fsp3) is 0.351. The number of nitrogens with one attached hydrogen (secondary N) is 2. The summed E-state index contributed by atoms with van der Waals surface area (Å²) >= 11 is 0. The molecule has 3 aromatic carbocycles. The largest absolute Gasteiger partial charge is 0.493 e. The molecule has 1 atom stereocenters. The van der Waals surface area contributed by atoms with Crippen LogP contribution in [0.4, 0.5) is 20.2 Å². The van der Waals surface area contributed by atoms with Crippen molar-refractivity contribution in [1.82, 2.24) is 14.8 Å². The number of likely N-dealkylation sites (tertiary alicyclic amines) is 1. The molecule has 1 aliphatic heterocycles. The Bertz CT molecular complexity index is 1880. The number of likely N-dealkylation sites (N-methyl/N-ethyl adjacent to an activating group) is 1. The minimum atomic E-state index is -1.28. The highest BCUT2D eigenvalue weighted by molar-refractivity contribution is 6.16. The van der Waals surface area contributed by atoms with Crippen LogP contribution in [0.5, 0.6) is 17.2 Å². The van der Waals surface area contributed by atoms with Gasteiger partial charge < -0.3 is 24.8 Å². The fourth-order valence-electron chi connectivity index (χ4n) is 5.51. The number of hydrogen-bond donors (Lipinski definition) is 2. The van der Waals surface area contributed by atoms with Crippen LogP contribution in [0.2, 0.25) is 0 Å². The van der Waals surface area contributed by atoms with Crippen molar-refractivity contribution in [1.29, 1.82) is 0 Å². The fourth-order valence-corrected chi connectivity index (χ4v) is 5.51. The molecule has 2 N–H and O–H groups in total. The van der Waals surface area contributed by atoms with Crippen LogP contribution in [0.3, 0.4) is 0 Å². The number of amides is 2. The van der Waals surface area contributed by atoms with Gasteiger partial charge in [-0.15, -0.1) is 0 Å². The number of pyridine rings is 1. The number of carbonyl (C=O) groups is 3. The first-order valence-corrected chi connectivity index (χ1v) is 16.5. The molecule has 1 aliphatic carbocycles. The minimum Gasteiger partial charge on any atom is -0.493 e. The highest BCUT2D eigenvalue weighted by Gasteiger charge is 2.56. The number of anilines is 2. The Labute approximate surface area is 288 Å². The molecular weight excluding hydrogens is 648 g/mol. The lowest BCUT2D eigenvalue weighted by molar-refractivity contribution is -0.162. The molecule has 13 heteroatoms. The smallest absolute Gasteiger partial charge is 0.323 e. The molecule has 1 saturated carbocycles.